The molecule has 0 unspecified atom stereocenters. The molecule has 2 amide bonds. The summed E-state index contributed by atoms with van der Waals surface area (Å²) in [4.78, 5) is 24.1. The average molecular weight is 317 g/mol. The molecule has 20 heavy (non-hydrogen) atoms. The summed E-state index contributed by atoms with van der Waals surface area (Å²) in [6, 6.07) is 4.76. The SMILES string of the molecule is CCCNC(=O)C(C)(C)C(=O)Nc1ccc(Cl)c(Cl)c1. The van der Waals surface area contributed by atoms with Gasteiger partial charge in [-0.05, 0) is 38.5 Å². The van der Waals surface area contributed by atoms with Gasteiger partial charge >= 0.3 is 0 Å². The Morgan fingerprint density at radius 2 is 1.80 bits per heavy atom. The molecule has 0 aromatic heterocycles. The zero-order valence-electron chi connectivity index (χ0n) is 11.7. The normalized spacial score (nSPS) is 11.1. The van der Waals surface area contributed by atoms with E-state index in [2.05, 4.69) is 10.6 Å². The van der Waals surface area contributed by atoms with E-state index in [1.165, 1.54) is 0 Å². The van der Waals surface area contributed by atoms with Gasteiger partial charge in [0.05, 0.1) is 10.0 Å². The summed E-state index contributed by atoms with van der Waals surface area (Å²) in [5, 5.41) is 6.13. The van der Waals surface area contributed by atoms with Crippen LogP contribution in [0.1, 0.15) is 27.2 Å². The summed E-state index contributed by atoms with van der Waals surface area (Å²) < 4.78 is 0. The first-order valence-electron chi connectivity index (χ1n) is 6.33. The number of amides is 2. The van der Waals surface area contributed by atoms with Crippen LogP contribution in [0.5, 0.6) is 0 Å². The Bertz CT molecular complexity index is 516. The Morgan fingerprint density at radius 3 is 2.35 bits per heavy atom. The van der Waals surface area contributed by atoms with Gasteiger partial charge in [-0.2, -0.15) is 0 Å². The van der Waals surface area contributed by atoms with E-state index in [-0.39, 0.29) is 5.91 Å². The molecule has 0 fully saturated rings. The maximum atomic E-state index is 12.2. The molecule has 1 aromatic carbocycles. The first-order chi connectivity index (χ1) is 9.28. The van der Waals surface area contributed by atoms with Gasteiger partial charge in [-0.15, -0.1) is 0 Å². The molecule has 0 heterocycles. The number of carbonyl (C=O) groups excluding carboxylic acids is 2. The van der Waals surface area contributed by atoms with E-state index < -0.39 is 11.3 Å². The quantitative estimate of drug-likeness (QED) is 0.817. The third kappa shape index (κ3) is 4.12. The minimum atomic E-state index is -1.17. The first kappa shape index (κ1) is 16.8. The lowest BCUT2D eigenvalue weighted by molar-refractivity contribution is -0.138. The van der Waals surface area contributed by atoms with E-state index >= 15 is 0 Å². The molecule has 0 saturated carbocycles. The highest BCUT2D eigenvalue weighted by atomic mass is 35.5. The van der Waals surface area contributed by atoms with Gasteiger partial charge in [0.1, 0.15) is 5.41 Å². The largest absolute Gasteiger partial charge is 0.355 e. The van der Waals surface area contributed by atoms with Gasteiger partial charge in [-0.25, -0.2) is 0 Å². The molecule has 0 aliphatic carbocycles. The molecule has 6 heteroatoms. The highest BCUT2D eigenvalue weighted by Gasteiger charge is 2.35. The lowest BCUT2D eigenvalue weighted by Crippen LogP contribution is -2.45. The van der Waals surface area contributed by atoms with Crippen LogP contribution in [-0.2, 0) is 9.59 Å². The van der Waals surface area contributed by atoms with Crippen LogP contribution in [0.25, 0.3) is 0 Å². The third-order valence-electron chi connectivity index (χ3n) is 2.85. The van der Waals surface area contributed by atoms with Crippen LogP contribution in [-0.4, -0.2) is 18.4 Å². The maximum absolute atomic E-state index is 12.2. The topological polar surface area (TPSA) is 58.2 Å². The lowest BCUT2D eigenvalue weighted by Gasteiger charge is -2.22. The van der Waals surface area contributed by atoms with Crippen molar-refractivity contribution in [3.8, 4) is 0 Å². The number of nitrogens with one attached hydrogen (secondary N) is 2. The fourth-order valence-corrected chi connectivity index (χ4v) is 1.72. The second-order valence-electron chi connectivity index (χ2n) is 4.96. The van der Waals surface area contributed by atoms with E-state index in [0.717, 1.165) is 6.42 Å². The summed E-state index contributed by atoms with van der Waals surface area (Å²) in [6.07, 6.45) is 0.816. The Labute approximate surface area is 128 Å². The van der Waals surface area contributed by atoms with Crippen molar-refractivity contribution in [1.82, 2.24) is 5.32 Å². The minimum absolute atomic E-state index is 0.308. The highest BCUT2D eigenvalue weighted by Crippen LogP contribution is 2.26. The van der Waals surface area contributed by atoms with Crippen molar-refractivity contribution in [3.63, 3.8) is 0 Å². The average Bonchev–Trinajstić information content (AvgIpc) is 2.39. The minimum Gasteiger partial charge on any atom is -0.355 e. The van der Waals surface area contributed by atoms with Crippen LogP contribution < -0.4 is 10.6 Å². The van der Waals surface area contributed by atoms with Gasteiger partial charge in [0.2, 0.25) is 11.8 Å². The Morgan fingerprint density at radius 1 is 1.15 bits per heavy atom. The van der Waals surface area contributed by atoms with E-state index in [1.807, 2.05) is 6.92 Å². The molecule has 1 rings (SSSR count). The fraction of sp³-hybridized carbons (Fsp3) is 0.429. The molecule has 0 radical (unpaired) electrons. The molecule has 1 aromatic rings. The molecule has 0 aliphatic rings. The molecule has 0 atom stereocenters. The van der Waals surface area contributed by atoms with Crippen LogP contribution in [0.15, 0.2) is 18.2 Å². The fourth-order valence-electron chi connectivity index (χ4n) is 1.42. The molecule has 4 nitrogen and oxygen atoms in total. The number of anilines is 1. The number of hydrogen-bond acceptors (Lipinski definition) is 2. The predicted octanol–water partition coefficient (Wildman–Crippen LogP) is 3.48. The zero-order valence-corrected chi connectivity index (χ0v) is 13.2. The van der Waals surface area contributed by atoms with Gasteiger partial charge < -0.3 is 10.6 Å². The summed E-state index contributed by atoms with van der Waals surface area (Å²) >= 11 is 11.7. The van der Waals surface area contributed by atoms with Crippen LogP contribution >= 0.6 is 23.2 Å². The second-order valence-corrected chi connectivity index (χ2v) is 5.78. The summed E-state index contributed by atoms with van der Waals surface area (Å²) in [7, 11) is 0. The maximum Gasteiger partial charge on any atom is 0.239 e. The van der Waals surface area contributed by atoms with Crippen molar-refractivity contribution >= 4 is 40.7 Å². The molecular weight excluding hydrogens is 299 g/mol. The predicted molar refractivity (Wildman–Crippen MR) is 82.2 cm³/mol. The van der Waals surface area contributed by atoms with Gasteiger partial charge in [0.15, 0.2) is 0 Å². The van der Waals surface area contributed by atoms with E-state index in [9.17, 15) is 9.59 Å². The zero-order chi connectivity index (χ0) is 15.3. The first-order valence-corrected chi connectivity index (χ1v) is 7.09. The van der Waals surface area contributed by atoms with Crippen molar-refractivity contribution < 1.29 is 9.59 Å². The van der Waals surface area contributed by atoms with Crippen LogP contribution in [0, 0.1) is 5.41 Å². The number of halogens is 2. The lowest BCUT2D eigenvalue weighted by atomic mass is 9.91. The van der Waals surface area contributed by atoms with E-state index in [0.29, 0.717) is 22.3 Å². The Balaban J connectivity index is 2.78. The molecular formula is C14H18Cl2N2O2. The number of benzene rings is 1. The van der Waals surface area contributed by atoms with Gasteiger partial charge in [-0.1, -0.05) is 30.1 Å². The van der Waals surface area contributed by atoms with Gasteiger partial charge in [0, 0.05) is 12.2 Å². The van der Waals surface area contributed by atoms with Gasteiger partial charge in [-0.3, -0.25) is 9.59 Å². The number of hydrogen-bond donors (Lipinski definition) is 2. The van der Waals surface area contributed by atoms with Crippen LogP contribution in [0.2, 0.25) is 10.0 Å². The summed E-state index contributed by atoms with van der Waals surface area (Å²) in [5.74, 6) is -0.707. The van der Waals surface area contributed by atoms with Crippen molar-refractivity contribution in [2.24, 2.45) is 5.41 Å². The van der Waals surface area contributed by atoms with Crippen LogP contribution in [0.3, 0.4) is 0 Å². The molecule has 0 spiro atoms. The molecule has 0 aliphatic heterocycles. The van der Waals surface area contributed by atoms with Gasteiger partial charge in [0.25, 0.3) is 0 Å². The molecule has 2 N–H and O–H groups in total. The monoisotopic (exact) mass is 316 g/mol. The van der Waals surface area contributed by atoms with E-state index in [4.69, 9.17) is 23.2 Å². The Kier molecular flexibility index (Phi) is 5.84. The summed E-state index contributed by atoms with van der Waals surface area (Å²) in [6.45, 7) is 5.64. The number of rotatable bonds is 5. The molecule has 0 bridgehead atoms. The summed E-state index contributed by atoms with van der Waals surface area (Å²) in [5.41, 5.74) is -0.665. The third-order valence-corrected chi connectivity index (χ3v) is 3.59. The van der Waals surface area contributed by atoms with Crippen molar-refractivity contribution in [2.45, 2.75) is 27.2 Å². The number of carbonyl (C=O) groups is 2. The van der Waals surface area contributed by atoms with Crippen LogP contribution in [0.4, 0.5) is 5.69 Å². The van der Waals surface area contributed by atoms with Crippen molar-refractivity contribution in [1.29, 1.82) is 0 Å². The standard InChI is InChI=1S/C14H18Cl2N2O2/c1-4-7-17-12(19)14(2,3)13(20)18-9-5-6-10(15)11(16)8-9/h5-6,8H,4,7H2,1-3H3,(H,17,19)(H,18,20). The molecule has 0 saturated heterocycles. The van der Waals surface area contributed by atoms with E-state index in [1.54, 1.807) is 32.0 Å². The molecule has 110 valence electrons. The Hall–Kier alpha value is -1.26. The highest BCUT2D eigenvalue weighted by molar-refractivity contribution is 6.42. The smallest absolute Gasteiger partial charge is 0.239 e. The van der Waals surface area contributed by atoms with Crippen molar-refractivity contribution in [3.05, 3.63) is 28.2 Å². The second kappa shape index (κ2) is 6.95. The van der Waals surface area contributed by atoms with Crippen molar-refractivity contribution in [2.75, 3.05) is 11.9 Å².